The highest BCUT2D eigenvalue weighted by molar-refractivity contribution is 5.90. The van der Waals surface area contributed by atoms with Gasteiger partial charge in [-0.25, -0.2) is 13.6 Å². The molecule has 0 aliphatic carbocycles. The lowest BCUT2D eigenvalue weighted by molar-refractivity contribution is -0.169. The number of nitrogens with one attached hydrogen (secondary N) is 1. The fourth-order valence-corrected chi connectivity index (χ4v) is 4.09. The van der Waals surface area contributed by atoms with Gasteiger partial charge in [0, 0.05) is 52.1 Å². The zero-order valence-electron chi connectivity index (χ0n) is 19.4. The molecular weight excluding hydrogens is 454 g/mol. The molecule has 188 valence electrons. The molecular formula is C22H30F2N4O6. The highest BCUT2D eigenvalue weighted by atomic mass is 19.1. The number of hydrogen-bond acceptors (Lipinski definition) is 8. The Morgan fingerprint density at radius 3 is 2.44 bits per heavy atom. The Morgan fingerprint density at radius 2 is 1.91 bits per heavy atom. The Balaban J connectivity index is 1.72. The van der Waals surface area contributed by atoms with Gasteiger partial charge in [-0.15, -0.1) is 0 Å². The summed E-state index contributed by atoms with van der Waals surface area (Å²) >= 11 is 0. The van der Waals surface area contributed by atoms with Gasteiger partial charge >= 0.3 is 12.1 Å². The van der Waals surface area contributed by atoms with Gasteiger partial charge in [0.15, 0.2) is 11.6 Å². The second kappa shape index (κ2) is 10.5. The topological polar surface area (TPSA) is 123 Å². The number of methoxy groups -OCH3 is 1. The van der Waals surface area contributed by atoms with Crippen molar-refractivity contribution >= 4 is 29.3 Å². The number of carbonyl (C=O) groups is 3. The first-order chi connectivity index (χ1) is 16.0. The average molecular weight is 485 g/mol. The number of ether oxygens (including phenoxy) is 3. The zero-order chi connectivity index (χ0) is 25.0. The minimum absolute atomic E-state index is 0.0191. The van der Waals surface area contributed by atoms with Crippen molar-refractivity contribution in [2.24, 2.45) is 5.73 Å². The number of piperidine rings is 1. The number of rotatable bonds is 8. The molecule has 0 aromatic heterocycles. The maximum atomic E-state index is 15.0. The summed E-state index contributed by atoms with van der Waals surface area (Å²) in [5, 5.41) is 2.54. The van der Waals surface area contributed by atoms with Crippen molar-refractivity contribution in [2.75, 3.05) is 49.7 Å². The van der Waals surface area contributed by atoms with Gasteiger partial charge in [0.05, 0.1) is 25.4 Å². The van der Waals surface area contributed by atoms with E-state index in [0.29, 0.717) is 12.8 Å². The van der Waals surface area contributed by atoms with Crippen LogP contribution in [0.25, 0.3) is 0 Å². The maximum Gasteiger partial charge on any atom is 0.414 e. The summed E-state index contributed by atoms with van der Waals surface area (Å²) in [6.45, 7) is 3.57. The van der Waals surface area contributed by atoms with Crippen LogP contribution in [0.1, 0.15) is 26.7 Å². The van der Waals surface area contributed by atoms with E-state index < -0.39 is 41.4 Å². The van der Waals surface area contributed by atoms with Crippen molar-refractivity contribution in [3.63, 3.8) is 0 Å². The van der Waals surface area contributed by atoms with E-state index in [1.54, 1.807) is 0 Å². The molecule has 2 atom stereocenters. The summed E-state index contributed by atoms with van der Waals surface area (Å²) < 4.78 is 46.0. The summed E-state index contributed by atoms with van der Waals surface area (Å²) in [6.07, 6.45) is -0.788. The number of esters is 1. The number of benzene rings is 1. The normalized spacial score (nSPS) is 20.6. The van der Waals surface area contributed by atoms with Crippen LogP contribution in [0.5, 0.6) is 0 Å². The molecule has 2 heterocycles. The van der Waals surface area contributed by atoms with Crippen molar-refractivity contribution < 1.29 is 37.4 Å². The van der Waals surface area contributed by atoms with E-state index in [1.165, 1.54) is 25.9 Å². The molecule has 0 radical (unpaired) electrons. The number of nitrogens with two attached hydrogens (primary N) is 1. The van der Waals surface area contributed by atoms with Crippen LogP contribution in [0.3, 0.4) is 0 Å². The quantitative estimate of drug-likeness (QED) is 0.530. The Hall–Kier alpha value is -2.99. The molecule has 0 saturated carbocycles. The van der Waals surface area contributed by atoms with E-state index in [4.69, 9.17) is 19.9 Å². The van der Waals surface area contributed by atoms with Gasteiger partial charge in [-0.1, -0.05) is 0 Å². The van der Waals surface area contributed by atoms with Crippen molar-refractivity contribution in [2.45, 2.75) is 44.4 Å². The van der Waals surface area contributed by atoms with E-state index in [2.05, 4.69) is 5.32 Å². The molecule has 2 aliphatic rings. The summed E-state index contributed by atoms with van der Waals surface area (Å²) in [7, 11) is 1.48. The predicted octanol–water partition coefficient (Wildman–Crippen LogP) is 1.30. The summed E-state index contributed by atoms with van der Waals surface area (Å²) in [4.78, 5) is 37.9. The molecule has 1 aromatic rings. The Bertz CT molecular complexity index is 913. The van der Waals surface area contributed by atoms with Crippen LogP contribution >= 0.6 is 0 Å². The van der Waals surface area contributed by atoms with Crippen LogP contribution in [0.15, 0.2) is 12.1 Å². The molecule has 2 aliphatic heterocycles. The van der Waals surface area contributed by atoms with Crippen LogP contribution in [0.2, 0.25) is 0 Å². The van der Waals surface area contributed by atoms with Gasteiger partial charge in [0.25, 0.3) is 0 Å². The van der Waals surface area contributed by atoms with Crippen molar-refractivity contribution in [1.82, 2.24) is 5.32 Å². The highest BCUT2D eigenvalue weighted by Crippen LogP contribution is 2.35. The molecule has 34 heavy (non-hydrogen) atoms. The lowest BCUT2D eigenvalue weighted by Gasteiger charge is -2.42. The largest absolute Gasteiger partial charge is 0.455 e. The average Bonchev–Trinajstić information content (AvgIpc) is 3.14. The molecule has 2 unspecified atom stereocenters. The van der Waals surface area contributed by atoms with Gasteiger partial charge in [-0.3, -0.25) is 14.5 Å². The second-order valence-corrected chi connectivity index (χ2v) is 8.62. The third-order valence-electron chi connectivity index (χ3n) is 5.85. The van der Waals surface area contributed by atoms with E-state index >= 15 is 8.78 Å². The minimum Gasteiger partial charge on any atom is -0.455 e. The molecule has 12 heteroatoms. The number of anilines is 2. The summed E-state index contributed by atoms with van der Waals surface area (Å²) in [6, 6.07) is 1.35. The zero-order valence-corrected chi connectivity index (χ0v) is 19.4. The highest BCUT2D eigenvalue weighted by Gasteiger charge is 2.40. The van der Waals surface area contributed by atoms with Crippen molar-refractivity contribution in [1.29, 1.82) is 0 Å². The van der Waals surface area contributed by atoms with Crippen LogP contribution < -0.4 is 20.9 Å². The molecule has 2 saturated heterocycles. The summed E-state index contributed by atoms with van der Waals surface area (Å²) in [5.41, 5.74) is 4.47. The molecule has 2 fully saturated rings. The third kappa shape index (κ3) is 5.73. The number of nitrogens with zero attached hydrogens (tertiary/aromatic N) is 2. The molecule has 3 rings (SSSR count). The Labute approximate surface area is 196 Å². The number of cyclic esters (lactones) is 1. The monoisotopic (exact) mass is 484 g/mol. The van der Waals surface area contributed by atoms with E-state index in [-0.39, 0.29) is 50.1 Å². The SMILES string of the molecule is COCC1(OC(=O)C(C)N)CCN(c2c(F)cc(N3CC(CNC(C)=O)OC3=O)cc2F)CC1. The minimum atomic E-state index is -0.926. The Morgan fingerprint density at radius 1 is 1.29 bits per heavy atom. The Kier molecular flexibility index (Phi) is 7.93. The molecule has 2 amide bonds. The fourth-order valence-electron chi connectivity index (χ4n) is 4.09. The van der Waals surface area contributed by atoms with Crippen molar-refractivity contribution in [3.05, 3.63) is 23.8 Å². The molecule has 0 spiro atoms. The smallest absolute Gasteiger partial charge is 0.414 e. The van der Waals surface area contributed by atoms with Gasteiger partial charge in [0.1, 0.15) is 23.4 Å². The van der Waals surface area contributed by atoms with E-state index in [0.717, 1.165) is 17.0 Å². The van der Waals surface area contributed by atoms with E-state index in [9.17, 15) is 14.4 Å². The number of amides is 2. The van der Waals surface area contributed by atoms with Crippen LogP contribution in [0.4, 0.5) is 25.0 Å². The number of halogens is 2. The van der Waals surface area contributed by atoms with Gasteiger partial charge in [0.2, 0.25) is 5.91 Å². The lowest BCUT2D eigenvalue weighted by atomic mass is 9.91. The first-order valence-electron chi connectivity index (χ1n) is 11.0. The molecule has 1 aromatic carbocycles. The van der Waals surface area contributed by atoms with Gasteiger partial charge in [-0.05, 0) is 6.92 Å². The maximum absolute atomic E-state index is 15.0. The third-order valence-corrected chi connectivity index (χ3v) is 5.85. The number of hydrogen-bond donors (Lipinski definition) is 2. The standard InChI is InChI=1S/C22H30F2N4O6/c1-13(25)20(30)34-22(12-32-3)4-6-27(7-5-22)19-17(23)8-15(9-18(19)24)28-11-16(33-21(28)31)10-26-14(2)29/h8-9,13,16H,4-7,10-12,25H2,1-3H3,(H,26,29). The first kappa shape index (κ1) is 25.6. The predicted molar refractivity (Wildman–Crippen MR) is 118 cm³/mol. The van der Waals surface area contributed by atoms with Crippen LogP contribution in [-0.4, -0.2) is 75.6 Å². The fraction of sp³-hybridized carbons (Fsp3) is 0.591. The number of carbonyl (C=O) groups excluding carboxylic acids is 3. The van der Waals surface area contributed by atoms with Gasteiger partial charge < -0.3 is 30.2 Å². The van der Waals surface area contributed by atoms with Crippen molar-refractivity contribution in [3.8, 4) is 0 Å². The van der Waals surface area contributed by atoms with Gasteiger partial charge in [-0.2, -0.15) is 0 Å². The van der Waals surface area contributed by atoms with E-state index in [1.807, 2.05) is 0 Å². The first-order valence-corrected chi connectivity index (χ1v) is 11.0. The van der Waals surface area contributed by atoms with Crippen LogP contribution in [0, 0.1) is 11.6 Å². The van der Waals surface area contributed by atoms with Crippen LogP contribution in [-0.2, 0) is 23.8 Å². The molecule has 10 nitrogen and oxygen atoms in total. The summed E-state index contributed by atoms with van der Waals surface area (Å²) in [5.74, 6) is -2.51. The molecule has 0 bridgehead atoms. The second-order valence-electron chi connectivity index (χ2n) is 8.62. The molecule has 3 N–H and O–H groups in total. The lowest BCUT2D eigenvalue weighted by Crippen LogP contribution is -2.51.